The summed E-state index contributed by atoms with van der Waals surface area (Å²) in [5.41, 5.74) is 0. The van der Waals surface area contributed by atoms with Crippen molar-refractivity contribution in [1.82, 2.24) is 4.98 Å². The molecule has 0 N–H and O–H groups in total. The molecule has 1 nitrogen and oxygen atoms in total. The van der Waals surface area contributed by atoms with E-state index in [1.54, 1.807) is 12.4 Å². The number of thiol groups is 1. The summed E-state index contributed by atoms with van der Waals surface area (Å²) in [4.78, 5) is 3.78. The molecule has 0 aromatic carbocycles. The molecule has 1 aromatic rings. The van der Waals surface area contributed by atoms with Crippen molar-refractivity contribution in [3.05, 3.63) is 30.6 Å². The molecule has 0 radical (unpaired) electrons. The zero-order chi connectivity index (χ0) is 6.24. The number of nitrogens with zero attached hydrogens (tertiary/aromatic N) is 1. The van der Waals surface area contributed by atoms with E-state index in [1.807, 2.05) is 18.2 Å². The maximum absolute atomic E-state index is 3.78. The van der Waals surface area contributed by atoms with Gasteiger partial charge in [0, 0.05) is 12.4 Å². The SMILES string of the molecule is [SH][Co].c1ccncc1. The first-order valence-corrected chi connectivity index (χ1v) is 3.69. The summed E-state index contributed by atoms with van der Waals surface area (Å²) in [5.74, 6) is 0. The molecular weight excluding hydrogens is 165 g/mol. The molecule has 3 heteroatoms. The van der Waals surface area contributed by atoms with Crippen LogP contribution in [-0.4, -0.2) is 4.98 Å². The first-order chi connectivity index (χ1) is 4.00. The van der Waals surface area contributed by atoms with E-state index in [0.717, 1.165) is 0 Å². The predicted molar refractivity (Wildman–Crippen MR) is 33.2 cm³/mol. The van der Waals surface area contributed by atoms with Crippen molar-refractivity contribution < 1.29 is 14.6 Å². The van der Waals surface area contributed by atoms with Crippen molar-refractivity contribution in [1.29, 1.82) is 0 Å². The number of hydrogen-bond donors (Lipinski definition) is 1. The van der Waals surface area contributed by atoms with E-state index in [4.69, 9.17) is 0 Å². The summed E-state index contributed by atoms with van der Waals surface area (Å²) < 4.78 is 0. The first-order valence-electron chi connectivity index (χ1n) is 2.00. The maximum atomic E-state index is 3.78. The molecule has 0 saturated carbocycles. The van der Waals surface area contributed by atoms with Crippen LogP contribution in [0.2, 0.25) is 0 Å². The molecule has 0 unspecified atom stereocenters. The van der Waals surface area contributed by atoms with Gasteiger partial charge in [-0.15, -0.1) is 0 Å². The van der Waals surface area contributed by atoms with Gasteiger partial charge in [-0.2, -0.15) is 0 Å². The van der Waals surface area contributed by atoms with Gasteiger partial charge in [0.1, 0.15) is 0 Å². The van der Waals surface area contributed by atoms with Crippen LogP contribution < -0.4 is 0 Å². The smallest absolute Gasteiger partial charge is 0.0267 e. The fourth-order valence-corrected chi connectivity index (χ4v) is 0.313. The van der Waals surface area contributed by atoms with E-state index in [-0.39, 0.29) is 0 Å². The van der Waals surface area contributed by atoms with Crippen molar-refractivity contribution in [2.24, 2.45) is 0 Å². The summed E-state index contributed by atoms with van der Waals surface area (Å²) >= 11 is 6.47. The van der Waals surface area contributed by atoms with Crippen LogP contribution in [0.4, 0.5) is 0 Å². The Morgan fingerprint density at radius 1 is 1.00 bits per heavy atom. The van der Waals surface area contributed by atoms with Gasteiger partial charge in [-0.1, -0.05) is 6.07 Å². The van der Waals surface area contributed by atoms with Crippen LogP contribution in [0, 0.1) is 0 Å². The minimum absolute atomic E-state index is 1.75. The third kappa shape index (κ3) is 4.17. The summed E-state index contributed by atoms with van der Waals surface area (Å²) in [7, 11) is 0. The Hall–Kier alpha value is 0.00649. The average Bonchev–Trinajstić information content (AvgIpc) is 1.96. The molecule has 1 rings (SSSR count). The minimum Gasteiger partial charge on any atom is -0.265 e. The van der Waals surface area contributed by atoms with Crippen LogP contribution in [0.15, 0.2) is 30.6 Å². The van der Waals surface area contributed by atoms with Crippen molar-refractivity contribution >= 4 is 11.1 Å². The third-order valence-corrected chi connectivity index (χ3v) is 0.566. The largest absolute Gasteiger partial charge is 0.265 e. The normalized spacial score (nSPS) is 6.88. The summed E-state index contributed by atoms with van der Waals surface area (Å²) in [6.45, 7) is 0. The molecule has 1 aromatic heterocycles. The summed E-state index contributed by atoms with van der Waals surface area (Å²) in [5, 5.41) is 0. The predicted octanol–water partition coefficient (Wildman–Crippen LogP) is 1.46. The second-order valence-electron chi connectivity index (χ2n) is 1.02. The van der Waals surface area contributed by atoms with Crippen LogP contribution in [-0.2, 0) is 14.6 Å². The molecule has 46 valence electrons. The van der Waals surface area contributed by atoms with E-state index in [1.165, 1.54) is 0 Å². The van der Waals surface area contributed by atoms with E-state index < -0.39 is 0 Å². The van der Waals surface area contributed by atoms with Crippen LogP contribution in [0.3, 0.4) is 0 Å². The second-order valence-corrected chi connectivity index (χ2v) is 1.02. The molecule has 0 saturated heterocycles. The summed E-state index contributed by atoms with van der Waals surface area (Å²) in [6, 6.07) is 5.72. The molecule has 1 heterocycles. The van der Waals surface area contributed by atoms with Crippen LogP contribution in [0.25, 0.3) is 0 Å². The Morgan fingerprint density at radius 3 is 1.62 bits per heavy atom. The van der Waals surface area contributed by atoms with Gasteiger partial charge in [0.15, 0.2) is 0 Å². The first kappa shape index (κ1) is 8.01. The zero-order valence-corrected chi connectivity index (χ0v) is 6.05. The molecular formula is C5H6CoNS. The number of hydrogen-bond acceptors (Lipinski definition) is 2. The maximum Gasteiger partial charge on any atom is 0.0267 e. The third-order valence-electron chi connectivity index (χ3n) is 0.566. The minimum atomic E-state index is 1.75. The molecule has 0 aliphatic carbocycles. The van der Waals surface area contributed by atoms with Crippen LogP contribution in [0.1, 0.15) is 0 Å². The van der Waals surface area contributed by atoms with E-state index in [0.29, 0.717) is 0 Å². The van der Waals surface area contributed by atoms with Gasteiger partial charge in [-0.05, 0) is 12.1 Å². The molecule has 0 aliphatic heterocycles. The van der Waals surface area contributed by atoms with Gasteiger partial charge >= 0.3 is 25.7 Å². The van der Waals surface area contributed by atoms with Crippen LogP contribution >= 0.6 is 11.1 Å². The van der Waals surface area contributed by atoms with Gasteiger partial charge in [-0.25, -0.2) is 0 Å². The van der Waals surface area contributed by atoms with Gasteiger partial charge in [0.25, 0.3) is 0 Å². The van der Waals surface area contributed by atoms with Crippen molar-refractivity contribution in [2.75, 3.05) is 0 Å². The molecule has 0 amide bonds. The number of pyridine rings is 1. The Kier molecular flexibility index (Phi) is 7.01. The molecule has 0 fully saturated rings. The van der Waals surface area contributed by atoms with E-state index in [9.17, 15) is 0 Å². The Bertz CT molecular complexity index is 84.4. The Balaban J connectivity index is 0.000000222. The second kappa shape index (κ2) is 7.01. The van der Waals surface area contributed by atoms with E-state index >= 15 is 0 Å². The average molecular weight is 171 g/mol. The zero-order valence-electron chi connectivity index (χ0n) is 4.11. The molecule has 0 atom stereocenters. The number of aromatic nitrogens is 1. The van der Waals surface area contributed by atoms with Crippen molar-refractivity contribution in [3.63, 3.8) is 0 Å². The molecule has 0 bridgehead atoms. The molecule has 0 aliphatic rings. The Labute approximate surface area is 61.6 Å². The van der Waals surface area contributed by atoms with Gasteiger partial charge in [0.2, 0.25) is 0 Å². The van der Waals surface area contributed by atoms with Gasteiger partial charge < -0.3 is 0 Å². The topological polar surface area (TPSA) is 12.9 Å². The van der Waals surface area contributed by atoms with Gasteiger partial charge in [0.05, 0.1) is 0 Å². The fraction of sp³-hybridized carbons (Fsp3) is 0. The van der Waals surface area contributed by atoms with Crippen molar-refractivity contribution in [3.8, 4) is 0 Å². The summed E-state index contributed by atoms with van der Waals surface area (Å²) in [6.07, 6.45) is 3.50. The van der Waals surface area contributed by atoms with Crippen LogP contribution in [0.5, 0.6) is 0 Å². The quantitative estimate of drug-likeness (QED) is 0.583. The van der Waals surface area contributed by atoms with Gasteiger partial charge in [-0.3, -0.25) is 4.98 Å². The number of rotatable bonds is 0. The molecule has 8 heavy (non-hydrogen) atoms. The Morgan fingerprint density at radius 2 is 1.50 bits per heavy atom. The van der Waals surface area contributed by atoms with Crippen molar-refractivity contribution in [2.45, 2.75) is 0 Å². The molecule has 0 spiro atoms. The monoisotopic (exact) mass is 171 g/mol. The van der Waals surface area contributed by atoms with E-state index in [2.05, 4.69) is 30.7 Å². The fourth-order valence-electron chi connectivity index (χ4n) is 0.313. The standard InChI is InChI=1S/C5H5N.Co.H2S/c1-2-4-6-5-3-1;;/h1-5H;;1H2/q;+1;/p-1.